The summed E-state index contributed by atoms with van der Waals surface area (Å²) in [5, 5.41) is 7.43. The maximum atomic E-state index is 14.3. The first kappa shape index (κ1) is 37.8. The number of furan rings is 2. The van der Waals surface area contributed by atoms with Crippen molar-refractivity contribution in [2.45, 2.75) is 12.4 Å². The van der Waals surface area contributed by atoms with E-state index in [1.54, 1.807) is 24.3 Å². The van der Waals surface area contributed by atoms with E-state index in [-0.39, 0.29) is 11.2 Å². The number of halogens is 6. The van der Waals surface area contributed by atoms with Crippen LogP contribution in [-0.2, 0) is 12.4 Å². The smallest absolute Gasteiger partial charge is 0.420 e. The Bertz CT molecular complexity index is 3530. The molecule has 0 atom stereocenters. The molecule has 12 rings (SSSR count). The Labute approximate surface area is 359 Å². The van der Waals surface area contributed by atoms with Crippen molar-refractivity contribution >= 4 is 110 Å². The molecule has 4 nitrogen and oxygen atoms in total. The summed E-state index contributed by atoms with van der Waals surface area (Å²) in [7, 11) is 0. The summed E-state index contributed by atoms with van der Waals surface area (Å²) >= 11 is 0. The second-order valence-corrected chi connectivity index (χ2v) is 15.8. The lowest BCUT2D eigenvalue weighted by Crippen LogP contribution is -2.11. The Kier molecular flexibility index (Phi) is 8.12. The molecular formula is C54H30F6N2O2. The molecule has 0 N–H and O–H groups in total. The summed E-state index contributed by atoms with van der Waals surface area (Å²) in [6.07, 6.45) is -9.24. The van der Waals surface area contributed by atoms with Gasteiger partial charge in [0.15, 0.2) is 11.2 Å². The van der Waals surface area contributed by atoms with Gasteiger partial charge in [0.2, 0.25) is 0 Å². The van der Waals surface area contributed by atoms with E-state index in [9.17, 15) is 26.3 Å². The number of fused-ring (bicyclic) bond motifs is 6. The highest BCUT2D eigenvalue weighted by Crippen LogP contribution is 2.51. The highest BCUT2D eigenvalue weighted by Gasteiger charge is 2.36. The quantitative estimate of drug-likeness (QED) is 0.123. The minimum atomic E-state index is -4.62. The molecule has 0 saturated heterocycles. The first-order valence-electron chi connectivity index (χ1n) is 20.5. The fourth-order valence-electron chi connectivity index (χ4n) is 9.54. The molecule has 10 heteroatoms. The zero-order valence-corrected chi connectivity index (χ0v) is 33.3. The van der Waals surface area contributed by atoms with Crippen LogP contribution in [0.5, 0.6) is 0 Å². The second kappa shape index (κ2) is 13.8. The van der Waals surface area contributed by atoms with Crippen molar-refractivity contribution in [2.24, 2.45) is 0 Å². The predicted molar refractivity (Wildman–Crippen MR) is 244 cm³/mol. The van der Waals surface area contributed by atoms with Crippen LogP contribution in [0.15, 0.2) is 191 Å². The Morgan fingerprint density at radius 3 is 1.05 bits per heavy atom. The predicted octanol–water partition coefficient (Wildman–Crippen LogP) is 17.4. The molecule has 0 fully saturated rings. The molecule has 0 unspecified atom stereocenters. The van der Waals surface area contributed by atoms with Crippen molar-refractivity contribution in [3.63, 3.8) is 0 Å². The van der Waals surface area contributed by atoms with E-state index in [1.807, 2.05) is 119 Å². The maximum Gasteiger partial charge on any atom is 0.420 e. The van der Waals surface area contributed by atoms with E-state index in [4.69, 9.17) is 8.83 Å². The summed E-state index contributed by atoms with van der Waals surface area (Å²) < 4.78 is 98.5. The summed E-state index contributed by atoms with van der Waals surface area (Å²) in [6.45, 7) is 0. The molecule has 0 aliphatic carbocycles. The molecule has 0 saturated carbocycles. The first-order valence-corrected chi connectivity index (χ1v) is 20.5. The highest BCUT2D eigenvalue weighted by molar-refractivity contribution is 6.28. The number of anilines is 6. The molecule has 0 aliphatic heterocycles. The lowest BCUT2D eigenvalue weighted by Gasteiger charge is -2.29. The van der Waals surface area contributed by atoms with Gasteiger partial charge in [0, 0.05) is 43.7 Å². The number of para-hydroxylation sites is 6. The van der Waals surface area contributed by atoms with Gasteiger partial charge in [-0.3, -0.25) is 0 Å². The van der Waals surface area contributed by atoms with Crippen LogP contribution in [0.3, 0.4) is 0 Å². The molecule has 0 spiro atoms. The lowest BCUT2D eigenvalue weighted by molar-refractivity contribution is -0.137. The number of alkyl halides is 6. The van der Waals surface area contributed by atoms with Crippen molar-refractivity contribution < 1.29 is 35.2 Å². The van der Waals surface area contributed by atoms with Crippen molar-refractivity contribution in [1.29, 1.82) is 0 Å². The van der Waals surface area contributed by atoms with E-state index in [0.29, 0.717) is 44.1 Å². The zero-order chi connectivity index (χ0) is 43.5. The SMILES string of the molecule is FC(F)(F)c1cccc2c1oc1c(N(c3ccccc3)c3ccc4ccc5c(N(c6ccccc6)c6cccc7c6oc6c(C(F)(F)F)cccc67)ccc6ccc3c4c65)cccc12. The summed E-state index contributed by atoms with van der Waals surface area (Å²) in [5.41, 5.74) is 2.69. The number of hydrogen-bond donors (Lipinski definition) is 0. The van der Waals surface area contributed by atoms with Gasteiger partial charge in [0.25, 0.3) is 0 Å². The number of benzene rings is 10. The zero-order valence-electron chi connectivity index (χ0n) is 33.3. The molecular weight excluding hydrogens is 823 g/mol. The maximum absolute atomic E-state index is 14.3. The van der Waals surface area contributed by atoms with Crippen molar-refractivity contribution in [3.05, 3.63) is 193 Å². The van der Waals surface area contributed by atoms with E-state index >= 15 is 0 Å². The Morgan fingerprint density at radius 2 is 0.656 bits per heavy atom. The fourth-order valence-corrected chi connectivity index (χ4v) is 9.54. The number of nitrogens with zero attached hydrogens (tertiary/aromatic N) is 2. The summed E-state index contributed by atoms with van der Waals surface area (Å²) in [4.78, 5) is 4.05. The fraction of sp³-hybridized carbons (Fsp3) is 0.0370. The molecule has 64 heavy (non-hydrogen) atoms. The summed E-state index contributed by atoms with van der Waals surface area (Å²) in [5.74, 6) is 0. The van der Waals surface area contributed by atoms with Crippen LogP contribution in [0.2, 0.25) is 0 Å². The van der Waals surface area contributed by atoms with Crippen LogP contribution in [0, 0.1) is 0 Å². The first-order chi connectivity index (χ1) is 31.0. The Hall–Kier alpha value is -7.98. The van der Waals surface area contributed by atoms with Gasteiger partial charge < -0.3 is 18.6 Å². The van der Waals surface area contributed by atoms with Gasteiger partial charge in [-0.15, -0.1) is 0 Å². The van der Waals surface area contributed by atoms with E-state index < -0.39 is 23.5 Å². The monoisotopic (exact) mass is 852 g/mol. The topological polar surface area (TPSA) is 32.8 Å². The largest absolute Gasteiger partial charge is 0.453 e. The third kappa shape index (κ3) is 5.64. The number of hydrogen-bond acceptors (Lipinski definition) is 4. The van der Waals surface area contributed by atoms with Crippen molar-refractivity contribution in [2.75, 3.05) is 9.80 Å². The normalized spacial score (nSPS) is 12.5. The van der Waals surface area contributed by atoms with Crippen molar-refractivity contribution in [3.8, 4) is 0 Å². The van der Waals surface area contributed by atoms with Gasteiger partial charge in [0.1, 0.15) is 11.2 Å². The molecule has 0 aliphatic rings. The van der Waals surface area contributed by atoms with E-state index in [2.05, 4.69) is 24.3 Å². The Morgan fingerprint density at radius 1 is 0.297 bits per heavy atom. The van der Waals surface area contributed by atoms with E-state index in [0.717, 1.165) is 67.2 Å². The molecule has 2 heterocycles. The average molecular weight is 853 g/mol. The van der Waals surface area contributed by atoms with Crippen LogP contribution in [-0.4, -0.2) is 0 Å². The highest BCUT2D eigenvalue weighted by atomic mass is 19.4. The molecule has 12 aromatic rings. The molecule has 10 aromatic carbocycles. The van der Waals surface area contributed by atoms with Crippen LogP contribution in [0.25, 0.3) is 76.2 Å². The third-order valence-corrected chi connectivity index (χ3v) is 12.2. The Balaban J connectivity index is 1.12. The van der Waals surface area contributed by atoms with Gasteiger partial charge in [-0.05, 0) is 82.2 Å². The minimum Gasteiger partial charge on any atom is -0.453 e. The minimum absolute atomic E-state index is 0.226. The van der Waals surface area contributed by atoms with Crippen LogP contribution in [0.4, 0.5) is 60.5 Å². The van der Waals surface area contributed by atoms with Crippen molar-refractivity contribution in [1.82, 2.24) is 0 Å². The van der Waals surface area contributed by atoms with Gasteiger partial charge in [-0.25, -0.2) is 0 Å². The van der Waals surface area contributed by atoms with Crippen LogP contribution < -0.4 is 9.80 Å². The van der Waals surface area contributed by atoms with Crippen LogP contribution >= 0.6 is 0 Å². The van der Waals surface area contributed by atoms with Crippen LogP contribution in [0.1, 0.15) is 11.1 Å². The molecule has 0 radical (unpaired) electrons. The standard InChI is InChI=1S/C54H30F6N2O2/c55-53(56,57)41-19-7-15-35-37-17-9-21-45(51(37)63-49(35)41)61(33-11-3-1-4-12-33)43-29-25-31-24-28-40-44(30-26-32-23-27-39(43)47(31)48(32)40)62(34-13-5-2-6-14-34)46-22-10-18-38-36-16-8-20-42(54(58,59)60)50(36)64-52(38)46/h1-30H. The third-order valence-electron chi connectivity index (χ3n) is 12.2. The second-order valence-electron chi connectivity index (χ2n) is 15.8. The van der Waals surface area contributed by atoms with Gasteiger partial charge >= 0.3 is 12.4 Å². The average Bonchev–Trinajstić information content (AvgIpc) is 3.89. The lowest BCUT2D eigenvalue weighted by atomic mass is 9.91. The molecule has 310 valence electrons. The molecule has 0 bridgehead atoms. The number of rotatable bonds is 6. The van der Waals surface area contributed by atoms with E-state index in [1.165, 1.54) is 12.1 Å². The molecule has 2 aromatic heterocycles. The van der Waals surface area contributed by atoms with Gasteiger partial charge in [0.05, 0.1) is 33.9 Å². The van der Waals surface area contributed by atoms with Gasteiger partial charge in [-0.2, -0.15) is 26.3 Å². The van der Waals surface area contributed by atoms with Gasteiger partial charge in [-0.1, -0.05) is 121 Å². The molecule has 0 amide bonds. The summed E-state index contributed by atoms with van der Waals surface area (Å²) in [6, 6.07) is 54.7.